The minimum atomic E-state index is -0.578. The Balaban J connectivity index is 2.85. The van der Waals surface area contributed by atoms with Gasteiger partial charge in [-0.25, -0.2) is 9.67 Å². The van der Waals surface area contributed by atoms with Crippen molar-refractivity contribution in [1.82, 2.24) is 14.8 Å². The van der Waals surface area contributed by atoms with E-state index in [1.54, 1.807) is 13.8 Å². The van der Waals surface area contributed by atoms with E-state index in [-0.39, 0.29) is 0 Å². The van der Waals surface area contributed by atoms with Crippen molar-refractivity contribution in [2.45, 2.75) is 20.1 Å². The molecule has 50 valence electrons. The first-order valence-electron chi connectivity index (χ1n) is 2.76. The van der Waals surface area contributed by atoms with E-state index in [4.69, 9.17) is 5.11 Å². The van der Waals surface area contributed by atoms with Crippen LogP contribution < -0.4 is 0 Å². The Kier molecular flexibility index (Phi) is 1.48. The summed E-state index contributed by atoms with van der Waals surface area (Å²) in [5, 5.41) is 12.8. The molecule has 1 rings (SSSR count). The summed E-state index contributed by atoms with van der Waals surface area (Å²) in [6.07, 6.45) is 0.922. The minimum Gasteiger partial charge on any atom is -0.372 e. The zero-order valence-electron chi connectivity index (χ0n) is 5.44. The number of aliphatic hydroxyl groups excluding tert-OH is 1. The SMILES string of the molecule is Cc1ncn(C(C)O)n1. The molecule has 0 spiro atoms. The lowest BCUT2D eigenvalue weighted by molar-refractivity contribution is 0.110. The maximum absolute atomic E-state index is 8.90. The number of aromatic nitrogens is 3. The monoisotopic (exact) mass is 127 g/mol. The Morgan fingerprint density at radius 1 is 1.78 bits per heavy atom. The molecule has 0 aliphatic heterocycles. The van der Waals surface area contributed by atoms with Gasteiger partial charge in [0.15, 0.2) is 0 Å². The number of aryl methyl sites for hydroxylation is 1. The summed E-state index contributed by atoms with van der Waals surface area (Å²) >= 11 is 0. The first kappa shape index (κ1) is 6.22. The van der Waals surface area contributed by atoms with Gasteiger partial charge in [0.05, 0.1) is 0 Å². The van der Waals surface area contributed by atoms with E-state index in [1.807, 2.05) is 0 Å². The summed E-state index contributed by atoms with van der Waals surface area (Å²) in [6, 6.07) is 0. The molecule has 1 aromatic rings. The average Bonchev–Trinajstić information content (AvgIpc) is 2.14. The maximum atomic E-state index is 8.90. The fourth-order valence-electron chi connectivity index (χ4n) is 0.541. The number of rotatable bonds is 1. The summed E-state index contributed by atoms with van der Waals surface area (Å²) < 4.78 is 1.40. The van der Waals surface area contributed by atoms with Crippen LogP contribution in [0.1, 0.15) is 19.0 Å². The highest BCUT2D eigenvalue weighted by Crippen LogP contribution is 1.95. The Morgan fingerprint density at radius 2 is 2.44 bits per heavy atom. The van der Waals surface area contributed by atoms with Gasteiger partial charge in [-0.3, -0.25) is 0 Å². The predicted octanol–water partition coefficient (Wildman–Crippen LogP) is 0.0973. The minimum absolute atomic E-state index is 0.578. The number of aliphatic hydroxyl groups is 1. The zero-order chi connectivity index (χ0) is 6.85. The summed E-state index contributed by atoms with van der Waals surface area (Å²) in [5.74, 6) is 0.677. The molecule has 0 amide bonds. The Labute approximate surface area is 53.1 Å². The highest BCUT2D eigenvalue weighted by atomic mass is 16.3. The summed E-state index contributed by atoms with van der Waals surface area (Å²) in [5.41, 5.74) is 0. The third-order valence-electron chi connectivity index (χ3n) is 1.01. The topological polar surface area (TPSA) is 50.9 Å². The second-order valence-electron chi connectivity index (χ2n) is 1.90. The molecule has 0 radical (unpaired) electrons. The summed E-state index contributed by atoms with van der Waals surface area (Å²) in [6.45, 7) is 3.41. The van der Waals surface area contributed by atoms with Gasteiger partial charge in [-0.1, -0.05) is 0 Å². The number of hydrogen-bond donors (Lipinski definition) is 1. The summed E-state index contributed by atoms with van der Waals surface area (Å²) in [4.78, 5) is 3.83. The van der Waals surface area contributed by atoms with E-state index >= 15 is 0 Å². The molecule has 0 aliphatic carbocycles. The zero-order valence-corrected chi connectivity index (χ0v) is 5.44. The van der Waals surface area contributed by atoms with Gasteiger partial charge in [0.2, 0.25) is 0 Å². The second kappa shape index (κ2) is 2.14. The van der Waals surface area contributed by atoms with E-state index in [0.717, 1.165) is 0 Å². The largest absolute Gasteiger partial charge is 0.372 e. The van der Waals surface area contributed by atoms with Crippen LogP contribution in [0.2, 0.25) is 0 Å². The van der Waals surface area contributed by atoms with Gasteiger partial charge in [0.1, 0.15) is 18.4 Å². The molecule has 4 heteroatoms. The Bertz CT molecular complexity index is 194. The van der Waals surface area contributed by atoms with Crippen LogP contribution in [-0.2, 0) is 0 Å². The van der Waals surface area contributed by atoms with Crippen molar-refractivity contribution in [2.75, 3.05) is 0 Å². The molecule has 4 nitrogen and oxygen atoms in total. The average molecular weight is 127 g/mol. The van der Waals surface area contributed by atoms with E-state index in [2.05, 4.69) is 10.1 Å². The van der Waals surface area contributed by atoms with Gasteiger partial charge in [-0.15, -0.1) is 0 Å². The van der Waals surface area contributed by atoms with Crippen LogP contribution in [0.3, 0.4) is 0 Å². The lowest BCUT2D eigenvalue weighted by atomic mass is 10.7. The molecule has 1 atom stereocenters. The third kappa shape index (κ3) is 1.26. The first-order chi connectivity index (χ1) is 4.20. The normalized spacial score (nSPS) is 13.7. The van der Waals surface area contributed by atoms with Crippen LogP contribution in [0.15, 0.2) is 6.33 Å². The number of nitrogens with zero attached hydrogens (tertiary/aromatic N) is 3. The standard InChI is InChI=1S/C5H9N3O/c1-4-6-3-8(7-4)5(2)9/h3,5,9H,1-2H3. The molecule has 1 unspecified atom stereocenters. The third-order valence-corrected chi connectivity index (χ3v) is 1.01. The smallest absolute Gasteiger partial charge is 0.147 e. The molecule has 0 saturated heterocycles. The van der Waals surface area contributed by atoms with Crippen LogP contribution in [0.25, 0.3) is 0 Å². The molecule has 9 heavy (non-hydrogen) atoms. The van der Waals surface area contributed by atoms with Crippen molar-refractivity contribution in [3.8, 4) is 0 Å². The summed E-state index contributed by atoms with van der Waals surface area (Å²) in [7, 11) is 0. The molecule has 0 bridgehead atoms. The molecule has 1 heterocycles. The van der Waals surface area contributed by atoms with Gasteiger partial charge in [0.25, 0.3) is 0 Å². The molecule has 0 fully saturated rings. The molecular formula is C5H9N3O. The van der Waals surface area contributed by atoms with Crippen molar-refractivity contribution < 1.29 is 5.11 Å². The second-order valence-corrected chi connectivity index (χ2v) is 1.90. The van der Waals surface area contributed by atoms with Crippen molar-refractivity contribution in [2.24, 2.45) is 0 Å². The molecule has 0 aromatic carbocycles. The quantitative estimate of drug-likeness (QED) is 0.582. The fourth-order valence-corrected chi connectivity index (χ4v) is 0.541. The lowest BCUT2D eigenvalue weighted by Crippen LogP contribution is -2.03. The Hall–Kier alpha value is -0.900. The predicted molar refractivity (Wildman–Crippen MR) is 31.7 cm³/mol. The van der Waals surface area contributed by atoms with Gasteiger partial charge >= 0.3 is 0 Å². The van der Waals surface area contributed by atoms with Crippen molar-refractivity contribution in [3.05, 3.63) is 12.2 Å². The molecule has 1 N–H and O–H groups in total. The number of hydrogen-bond acceptors (Lipinski definition) is 3. The molecule has 1 aromatic heterocycles. The van der Waals surface area contributed by atoms with Gasteiger partial charge in [-0.2, -0.15) is 5.10 Å². The van der Waals surface area contributed by atoms with Crippen LogP contribution >= 0.6 is 0 Å². The van der Waals surface area contributed by atoms with E-state index in [9.17, 15) is 0 Å². The van der Waals surface area contributed by atoms with Crippen molar-refractivity contribution >= 4 is 0 Å². The van der Waals surface area contributed by atoms with Gasteiger partial charge in [0, 0.05) is 0 Å². The fraction of sp³-hybridized carbons (Fsp3) is 0.600. The van der Waals surface area contributed by atoms with Gasteiger partial charge in [-0.05, 0) is 13.8 Å². The van der Waals surface area contributed by atoms with E-state index in [1.165, 1.54) is 11.0 Å². The van der Waals surface area contributed by atoms with Crippen LogP contribution in [-0.4, -0.2) is 19.9 Å². The highest BCUT2D eigenvalue weighted by molar-refractivity contribution is 4.74. The highest BCUT2D eigenvalue weighted by Gasteiger charge is 1.98. The van der Waals surface area contributed by atoms with E-state index in [0.29, 0.717) is 5.82 Å². The van der Waals surface area contributed by atoms with Crippen molar-refractivity contribution in [3.63, 3.8) is 0 Å². The van der Waals surface area contributed by atoms with Gasteiger partial charge < -0.3 is 5.11 Å². The van der Waals surface area contributed by atoms with E-state index < -0.39 is 6.23 Å². The van der Waals surface area contributed by atoms with Crippen molar-refractivity contribution in [1.29, 1.82) is 0 Å². The molecular weight excluding hydrogens is 118 g/mol. The Morgan fingerprint density at radius 3 is 2.67 bits per heavy atom. The first-order valence-corrected chi connectivity index (χ1v) is 2.76. The lowest BCUT2D eigenvalue weighted by Gasteiger charge is -1.99. The van der Waals surface area contributed by atoms with Crippen LogP contribution in [0.5, 0.6) is 0 Å². The molecule has 0 saturated carbocycles. The van der Waals surface area contributed by atoms with Crippen LogP contribution in [0, 0.1) is 6.92 Å². The van der Waals surface area contributed by atoms with Crippen LogP contribution in [0.4, 0.5) is 0 Å². The maximum Gasteiger partial charge on any atom is 0.147 e. The molecule has 0 aliphatic rings.